The fourth-order valence-electron chi connectivity index (χ4n) is 1.31. The molecule has 1 aromatic carbocycles. The lowest BCUT2D eigenvalue weighted by Gasteiger charge is -2.02. The van der Waals surface area contributed by atoms with Gasteiger partial charge >= 0.3 is 5.00 Å². The topological polar surface area (TPSA) is 55.2 Å². The van der Waals surface area contributed by atoms with Gasteiger partial charge in [0.25, 0.3) is 0 Å². The van der Waals surface area contributed by atoms with Crippen LogP contribution in [0.25, 0.3) is 0 Å². The van der Waals surface area contributed by atoms with E-state index in [0.29, 0.717) is 6.54 Å². The van der Waals surface area contributed by atoms with Gasteiger partial charge in [0.2, 0.25) is 0 Å². The number of nitrogens with one attached hydrogen (secondary N) is 1. The molecule has 0 spiro atoms. The average molecular weight is 234 g/mol. The van der Waals surface area contributed by atoms with Crippen LogP contribution in [0.3, 0.4) is 0 Å². The second-order valence-corrected chi connectivity index (χ2v) is 4.30. The molecule has 16 heavy (non-hydrogen) atoms. The smallest absolute Gasteiger partial charge is 0.326 e. The maximum atomic E-state index is 10.5. The molecule has 1 aromatic heterocycles. The molecule has 0 aliphatic carbocycles. The molecular formula is C11H10N2O2S. The molecule has 2 aromatic rings. The van der Waals surface area contributed by atoms with E-state index >= 15 is 0 Å². The molecule has 5 heteroatoms. The van der Waals surface area contributed by atoms with Gasteiger partial charge in [-0.05, 0) is 23.0 Å². The maximum absolute atomic E-state index is 10.5. The van der Waals surface area contributed by atoms with Gasteiger partial charge < -0.3 is 5.32 Å². The highest BCUT2D eigenvalue weighted by Crippen LogP contribution is 2.28. The van der Waals surface area contributed by atoms with Gasteiger partial charge in [-0.2, -0.15) is 0 Å². The molecule has 1 N–H and O–H groups in total. The highest BCUT2D eigenvalue weighted by Gasteiger charge is 2.08. The quantitative estimate of drug-likeness (QED) is 0.652. The van der Waals surface area contributed by atoms with E-state index in [4.69, 9.17) is 0 Å². The first kappa shape index (κ1) is 10.6. The Balaban J connectivity index is 1.97. The van der Waals surface area contributed by atoms with Crippen molar-refractivity contribution < 1.29 is 4.92 Å². The van der Waals surface area contributed by atoms with Gasteiger partial charge in [-0.15, -0.1) is 0 Å². The Bertz CT molecular complexity index is 482. The Morgan fingerprint density at radius 1 is 1.19 bits per heavy atom. The van der Waals surface area contributed by atoms with Crippen LogP contribution in [0.1, 0.15) is 5.56 Å². The fourth-order valence-corrected chi connectivity index (χ4v) is 2.02. The standard InChI is InChI=1S/C11H10N2O2S/c14-13(15)11-7-6-10(16-11)12-8-9-4-2-1-3-5-9/h1-7,12H,8H2. The van der Waals surface area contributed by atoms with Gasteiger partial charge in [0.1, 0.15) is 0 Å². The highest BCUT2D eigenvalue weighted by atomic mass is 32.1. The number of benzene rings is 1. The van der Waals surface area contributed by atoms with Crippen LogP contribution < -0.4 is 5.32 Å². The van der Waals surface area contributed by atoms with Crippen LogP contribution in [-0.4, -0.2) is 4.92 Å². The zero-order chi connectivity index (χ0) is 11.4. The van der Waals surface area contributed by atoms with Gasteiger partial charge in [0.15, 0.2) is 0 Å². The highest BCUT2D eigenvalue weighted by molar-refractivity contribution is 7.19. The number of hydrogen-bond donors (Lipinski definition) is 1. The third-order valence-electron chi connectivity index (χ3n) is 2.08. The second kappa shape index (κ2) is 4.76. The van der Waals surface area contributed by atoms with Crippen molar-refractivity contribution in [2.45, 2.75) is 6.54 Å². The Morgan fingerprint density at radius 3 is 2.56 bits per heavy atom. The summed E-state index contributed by atoms with van der Waals surface area (Å²) in [4.78, 5) is 10.1. The molecule has 0 radical (unpaired) electrons. The van der Waals surface area contributed by atoms with Crippen molar-refractivity contribution in [3.8, 4) is 0 Å². The van der Waals surface area contributed by atoms with Crippen LogP contribution in [0.4, 0.5) is 10.0 Å². The average Bonchev–Trinajstić information content (AvgIpc) is 2.76. The summed E-state index contributed by atoms with van der Waals surface area (Å²) in [7, 11) is 0. The molecule has 0 atom stereocenters. The van der Waals surface area contributed by atoms with Crippen LogP contribution in [-0.2, 0) is 6.54 Å². The Kier molecular flexibility index (Phi) is 3.16. The van der Waals surface area contributed by atoms with E-state index in [1.807, 2.05) is 30.3 Å². The molecule has 0 aliphatic rings. The van der Waals surface area contributed by atoms with Crippen molar-refractivity contribution >= 4 is 21.3 Å². The van der Waals surface area contributed by atoms with E-state index in [0.717, 1.165) is 21.9 Å². The van der Waals surface area contributed by atoms with Crippen molar-refractivity contribution in [2.24, 2.45) is 0 Å². The third-order valence-corrected chi connectivity index (χ3v) is 3.08. The van der Waals surface area contributed by atoms with E-state index in [9.17, 15) is 10.1 Å². The molecule has 82 valence electrons. The molecule has 4 nitrogen and oxygen atoms in total. The maximum Gasteiger partial charge on any atom is 0.326 e. The lowest BCUT2D eigenvalue weighted by atomic mass is 10.2. The minimum atomic E-state index is -0.377. The summed E-state index contributed by atoms with van der Waals surface area (Å²) in [5.41, 5.74) is 1.15. The Labute approximate surface area is 96.7 Å². The predicted molar refractivity (Wildman–Crippen MR) is 64.7 cm³/mol. The van der Waals surface area contributed by atoms with Gasteiger partial charge in [-0.25, -0.2) is 0 Å². The second-order valence-electron chi connectivity index (χ2n) is 3.23. The molecule has 1 heterocycles. The molecule has 0 aliphatic heterocycles. The van der Waals surface area contributed by atoms with Crippen molar-refractivity contribution in [2.75, 3.05) is 5.32 Å². The number of nitrogens with zero attached hydrogens (tertiary/aromatic N) is 1. The molecule has 0 bridgehead atoms. The molecule has 0 amide bonds. The summed E-state index contributed by atoms with van der Waals surface area (Å²) in [6.07, 6.45) is 0. The largest absolute Gasteiger partial charge is 0.373 e. The van der Waals surface area contributed by atoms with E-state index in [1.54, 1.807) is 6.07 Å². The first-order valence-corrected chi connectivity index (χ1v) is 5.59. The van der Waals surface area contributed by atoms with Crippen LogP contribution in [0.15, 0.2) is 42.5 Å². The lowest BCUT2D eigenvalue weighted by Crippen LogP contribution is -1.96. The van der Waals surface area contributed by atoms with Crippen molar-refractivity contribution in [1.29, 1.82) is 0 Å². The Hall–Kier alpha value is -1.88. The molecular weight excluding hydrogens is 224 g/mol. The molecule has 0 saturated heterocycles. The summed E-state index contributed by atoms with van der Waals surface area (Å²) >= 11 is 1.15. The number of thiophene rings is 1. The van der Waals surface area contributed by atoms with Gasteiger partial charge in [-0.3, -0.25) is 10.1 Å². The third kappa shape index (κ3) is 2.58. The monoisotopic (exact) mass is 234 g/mol. The minimum Gasteiger partial charge on any atom is -0.373 e. The van der Waals surface area contributed by atoms with Crippen molar-refractivity contribution in [3.63, 3.8) is 0 Å². The summed E-state index contributed by atoms with van der Waals surface area (Å²) in [5, 5.41) is 14.6. The fraction of sp³-hybridized carbons (Fsp3) is 0.0909. The molecule has 2 rings (SSSR count). The van der Waals surface area contributed by atoms with E-state index < -0.39 is 0 Å². The molecule has 0 saturated carbocycles. The van der Waals surface area contributed by atoms with Crippen molar-refractivity contribution in [1.82, 2.24) is 0 Å². The predicted octanol–water partition coefficient (Wildman–Crippen LogP) is 3.27. The van der Waals surface area contributed by atoms with Gasteiger partial charge in [0.05, 0.1) is 9.92 Å². The summed E-state index contributed by atoms with van der Waals surface area (Å²) in [6.45, 7) is 0.679. The summed E-state index contributed by atoms with van der Waals surface area (Å²) in [6, 6.07) is 13.1. The van der Waals surface area contributed by atoms with Crippen LogP contribution in [0, 0.1) is 10.1 Å². The zero-order valence-corrected chi connectivity index (χ0v) is 9.24. The molecule has 0 unspecified atom stereocenters. The first-order valence-electron chi connectivity index (χ1n) is 4.78. The van der Waals surface area contributed by atoms with Gasteiger partial charge in [-0.1, -0.05) is 30.3 Å². The Morgan fingerprint density at radius 2 is 1.94 bits per heavy atom. The first-order chi connectivity index (χ1) is 7.75. The van der Waals surface area contributed by atoms with Crippen LogP contribution in [0.5, 0.6) is 0 Å². The number of hydrogen-bond acceptors (Lipinski definition) is 4. The van der Waals surface area contributed by atoms with Gasteiger partial charge in [0, 0.05) is 12.6 Å². The zero-order valence-electron chi connectivity index (χ0n) is 8.42. The summed E-state index contributed by atoms with van der Waals surface area (Å²) < 4.78 is 0. The minimum absolute atomic E-state index is 0.163. The lowest BCUT2D eigenvalue weighted by molar-refractivity contribution is -0.380. The van der Waals surface area contributed by atoms with E-state index in [1.165, 1.54) is 6.07 Å². The van der Waals surface area contributed by atoms with E-state index in [-0.39, 0.29) is 9.92 Å². The number of nitro groups is 1. The number of rotatable bonds is 4. The molecule has 0 fully saturated rings. The van der Waals surface area contributed by atoms with Crippen LogP contribution in [0.2, 0.25) is 0 Å². The van der Waals surface area contributed by atoms with Crippen molar-refractivity contribution in [3.05, 3.63) is 58.1 Å². The summed E-state index contributed by atoms with van der Waals surface area (Å²) in [5.74, 6) is 0. The normalized spacial score (nSPS) is 10.0. The number of anilines is 1. The SMILES string of the molecule is O=[N+]([O-])c1ccc(NCc2ccccc2)s1. The van der Waals surface area contributed by atoms with E-state index in [2.05, 4.69) is 5.32 Å². The van der Waals surface area contributed by atoms with Crippen LogP contribution >= 0.6 is 11.3 Å².